The predicted molar refractivity (Wildman–Crippen MR) is 81.1 cm³/mol. The van der Waals surface area contributed by atoms with Crippen molar-refractivity contribution >= 4 is 5.65 Å². The topological polar surface area (TPSA) is 49.6 Å². The number of hydrogen-bond donors (Lipinski definition) is 1. The van der Waals surface area contributed by atoms with Crippen LogP contribution < -0.4 is 10.9 Å². The van der Waals surface area contributed by atoms with Crippen LogP contribution in [0, 0.1) is 6.92 Å². The van der Waals surface area contributed by atoms with E-state index in [4.69, 9.17) is 0 Å². The zero-order valence-electron chi connectivity index (χ0n) is 12.4. The molecule has 2 heterocycles. The molecule has 0 saturated heterocycles. The maximum Gasteiger partial charge on any atom is 0.258 e. The molecule has 0 unspecified atom stereocenters. The number of aromatic nitrogens is 2. The van der Waals surface area contributed by atoms with Crippen molar-refractivity contribution in [1.29, 1.82) is 0 Å². The first kappa shape index (κ1) is 14.7. The molecule has 0 saturated carbocycles. The van der Waals surface area contributed by atoms with Crippen LogP contribution in [-0.4, -0.2) is 41.5 Å². The number of aryl methyl sites for hydroxylation is 1. The lowest BCUT2D eigenvalue weighted by Gasteiger charge is -2.16. The summed E-state index contributed by atoms with van der Waals surface area (Å²) in [5, 5.41) is 3.13. The van der Waals surface area contributed by atoms with Gasteiger partial charge in [0.25, 0.3) is 5.56 Å². The van der Waals surface area contributed by atoms with Crippen molar-refractivity contribution in [3.8, 4) is 0 Å². The SMILES string of the molecule is CNCCCN(C)Cc1cc(=O)n2ccc(C)cc2n1. The molecule has 20 heavy (non-hydrogen) atoms. The van der Waals surface area contributed by atoms with E-state index >= 15 is 0 Å². The van der Waals surface area contributed by atoms with E-state index in [0.29, 0.717) is 6.54 Å². The fourth-order valence-corrected chi connectivity index (χ4v) is 2.22. The first-order valence-electron chi connectivity index (χ1n) is 6.92. The van der Waals surface area contributed by atoms with E-state index in [-0.39, 0.29) is 5.56 Å². The Kier molecular flexibility index (Phi) is 4.87. The third-order valence-corrected chi connectivity index (χ3v) is 3.27. The molecule has 2 rings (SSSR count). The zero-order valence-corrected chi connectivity index (χ0v) is 12.4. The highest BCUT2D eigenvalue weighted by atomic mass is 16.1. The van der Waals surface area contributed by atoms with Gasteiger partial charge in [-0.3, -0.25) is 9.20 Å². The number of pyridine rings is 1. The summed E-state index contributed by atoms with van der Waals surface area (Å²) in [6.45, 7) is 4.68. The van der Waals surface area contributed by atoms with E-state index in [9.17, 15) is 4.79 Å². The molecule has 5 nitrogen and oxygen atoms in total. The molecule has 2 aromatic rings. The van der Waals surface area contributed by atoms with Crippen molar-refractivity contribution in [2.45, 2.75) is 19.9 Å². The Morgan fingerprint density at radius 3 is 2.95 bits per heavy atom. The molecule has 0 aliphatic heterocycles. The van der Waals surface area contributed by atoms with Crippen LogP contribution in [0.15, 0.2) is 29.2 Å². The third kappa shape index (κ3) is 3.65. The largest absolute Gasteiger partial charge is 0.320 e. The van der Waals surface area contributed by atoms with Crippen molar-refractivity contribution in [2.75, 3.05) is 27.2 Å². The van der Waals surface area contributed by atoms with Gasteiger partial charge in [-0.05, 0) is 58.2 Å². The molecular weight excluding hydrogens is 252 g/mol. The number of nitrogens with zero attached hydrogens (tertiary/aromatic N) is 3. The fraction of sp³-hybridized carbons (Fsp3) is 0.467. The highest BCUT2D eigenvalue weighted by Crippen LogP contribution is 2.04. The van der Waals surface area contributed by atoms with Gasteiger partial charge in [0.2, 0.25) is 0 Å². The summed E-state index contributed by atoms with van der Waals surface area (Å²) in [7, 11) is 4.00. The minimum absolute atomic E-state index is 0.0198. The lowest BCUT2D eigenvalue weighted by molar-refractivity contribution is 0.317. The maximum absolute atomic E-state index is 12.0. The Balaban J connectivity index is 2.16. The van der Waals surface area contributed by atoms with Crippen molar-refractivity contribution in [3.05, 3.63) is 46.0 Å². The Bertz CT molecular complexity index is 635. The van der Waals surface area contributed by atoms with Gasteiger partial charge in [-0.2, -0.15) is 0 Å². The van der Waals surface area contributed by atoms with E-state index < -0.39 is 0 Å². The molecule has 5 heteroatoms. The normalized spacial score (nSPS) is 11.4. The summed E-state index contributed by atoms with van der Waals surface area (Å²) in [4.78, 5) is 18.8. The first-order chi connectivity index (χ1) is 9.60. The van der Waals surface area contributed by atoms with Crippen LogP contribution in [0.4, 0.5) is 0 Å². The quantitative estimate of drug-likeness (QED) is 0.800. The minimum atomic E-state index is -0.0198. The van der Waals surface area contributed by atoms with Gasteiger partial charge in [0.05, 0.1) is 5.69 Å². The Morgan fingerprint density at radius 2 is 2.20 bits per heavy atom. The second-order valence-electron chi connectivity index (χ2n) is 5.21. The summed E-state index contributed by atoms with van der Waals surface area (Å²) in [6, 6.07) is 5.47. The Hall–Kier alpha value is -1.72. The van der Waals surface area contributed by atoms with Gasteiger partial charge in [-0.1, -0.05) is 0 Å². The smallest absolute Gasteiger partial charge is 0.258 e. The van der Waals surface area contributed by atoms with Crippen molar-refractivity contribution < 1.29 is 0 Å². The molecule has 0 spiro atoms. The summed E-state index contributed by atoms with van der Waals surface area (Å²) < 4.78 is 1.58. The molecule has 108 valence electrons. The lowest BCUT2D eigenvalue weighted by Crippen LogP contribution is -2.24. The van der Waals surface area contributed by atoms with Crippen LogP contribution in [0.25, 0.3) is 5.65 Å². The molecule has 0 radical (unpaired) electrons. The van der Waals surface area contributed by atoms with Gasteiger partial charge < -0.3 is 10.2 Å². The summed E-state index contributed by atoms with van der Waals surface area (Å²) in [5.74, 6) is 0. The molecule has 0 bridgehead atoms. The minimum Gasteiger partial charge on any atom is -0.320 e. The maximum atomic E-state index is 12.0. The second kappa shape index (κ2) is 6.63. The van der Waals surface area contributed by atoms with Crippen LogP contribution in [-0.2, 0) is 6.54 Å². The molecule has 0 atom stereocenters. The van der Waals surface area contributed by atoms with Crippen LogP contribution in [0.5, 0.6) is 0 Å². The summed E-state index contributed by atoms with van der Waals surface area (Å²) in [6.07, 6.45) is 2.86. The van der Waals surface area contributed by atoms with Gasteiger partial charge >= 0.3 is 0 Å². The molecule has 1 N–H and O–H groups in total. The first-order valence-corrected chi connectivity index (χ1v) is 6.92. The number of hydrogen-bond acceptors (Lipinski definition) is 4. The Morgan fingerprint density at radius 1 is 1.40 bits per heavy atom. The summed E-state index contributed by atoms with van der Waals surface area (Å²) in [5.41, 5.74) is 2.63. The van der Waals surface area contributed by atoms with Crippen molar-refractivity contribution in [1.82, 2.24) is 19.6 Å². The van der Waals surface area contributed by atoms with E-state index in [2.05, 4.69) is 22.2 Å². The number of nitrogens with one attached hydrogen (secondary N) is 1. The highest BCUT2D eigenvalue weighted by molar-refractivity contribution is 5.41. The van der Waals surface area contributed by atoms with Crippen LogP contribution in [0.2, 0.25) is 0 Å². The molecule has 2 aromatic heterocycles. The lowest BCUT2D eigenvalue weighted by atomic mass is 10.3. The second-order valence-corrected chi connectivity index (χ2v) is 5.21. The van der Waals surface area contributed by atoms with Crippen molar-refractivity contribution in [2.24, 2.45) is 0 Å². The van der Waals surface area contributed by atoms with E-state index in [1.54, 1.807) is 16.7 Å². The van der Waals surface area contributed by atoms with Crippen LogP contribution in [0.1, 0.15) is 17.7 Å². The summed E-state index contributed by atoms with van der Waals surface area (Å²) >= 11 is 0. The number of fused-ring (bicyclic) bond motifs is 1. The van der Waals surface area contributed by atoms with E-state index in [0.717, 1.165) is 36.4 Å². The molecule has 0 aliphatic rings. The average molecular weight is 274 g/mol. The average Bonchev–Trinajstić information content (AvgIpc) is 2.38. The van der Waals surface area contributed by atoms with Crippen LogP contribution in [0.3, 0.4) is 0 Å². The molecular formula is C15H22N4O. The highest BCUT2D eigenvalue weighted by Gasteiger charge is 2.05. The number of rotatable bonds is 6. The van der Waals surface area contributed by atoms with E-state index in [1.807, 2.05) is 26.1 Å². The van der Waals surface area contributed by atoms with E-state index in [1.165, 1.54) is 0 Å². The van der Waals surface area contributed by atoms with Gasteiger partial charge in [0.1, 0.15) is 5.65 Å². The third-order valence-electron chi connectivity index (χ3n) is 3.27. The Labute approximate surface area is 119 Å². The van der Waals surface area contributed by atoms with Crippen molar-refractivity contribution in [3.63, 3.8) is 0 Å². The van der Waals surface area contributed by atoms with Gasteiger partial charge in [-0.25, -0.2) is 4.98 Å². The fourth-order valence-electron chi connectivity index (χ4n) is 2.22. The van der Waals surface area contributed by atoms with Gasteiger partial charge in [0, 0.05) is 18.8 Å². The predicted octanol–water partition coefficient (Wildman–Crippen LogP) is 1.04. The molecule has 0 fully saturated rings. The van der Waals surface area contributed by atoms with Crippen LogP contribution >= 0.6 is 0 Å². The van der Waals surface area contributed by atoms with Gasteiger partial charge in [-0.15, -0.1) is 0 Å². The molecule has 0 aliphatic carbocycles. The molecule has 0 amide bonds. The zero-order chi connectivity index (χ0) is 14.5. The monoisotopic (exact) mass is 274 g/mol. The van der Waals surface area contributed by atoms with Gasteiger partial charge in [0.15, 0.2) is 0 Å². The standard InChI is InChI=1S/C15H22N4O/c1-12-5-8-19-14(9-12)17-13(10-15(19)20)11-18(3)7-4-6-16-2/h5,8-10,16H,4,6-7,11H2,1-3H3. The molecule has 0 aromatic carbocycles.